The molecule has 0 aliphatic rings. The summed E-state index contributed by atoms with van der Waals surface area (Å²) < 4.78 is 14.1. The van der Waals surface area contributed by atoms with Crippen LogP contribution >= 0.6 is 11.6 Å². The lowest BCUT2D eigenvalue weighted by atomic mass is 10.0. The van der Waals surface area contributed by atoms with Gasteiger partial charge in [-0.05, 0) is 18.5 Å². The summed E-state index contributed by atoms with van der Waals surface area (Å²) in [6, 6.07) is 4.98. The van der Waals surface area contributed by atoms with Crippen LogP contribution in [0.3, 0.4) is 0 Å². The van der Waals surface area contributed by atoms with Crippen LogP contribution in [0.25, 0.3) is 0 Å². The SMILES string of the molecule is CCN(CC(C)C)C(CN)c1cccc(Cl)c1F. The van der Waals surface area contributed by atoms with Crippen molar-refractivity contribution in [1.29, 1.82) is 0 Å². The Balaban J connectivity index is 3.03. The number of nitrogens with zero attached hydrogens (tertiary/aromatic N) is 1. The van der Waals surface area contributed by atoms with Gasteiger partial charge in [0.15, 0.2) is 0 Å². The van der Waals surface area contributed by atoms with Gasteiger partial charge in [-0.15, -0.1) is 0 Å². The third-order valence-corrected chi connectivity index (χ3v) is 3.30. The minimum Gasteiger partial charge on any atom is -0.329 e. The predicted octanol–water partition coefficient (Wildman–Crippen LogP) is 3.46. The molecule has 0 spiro atoms. The van der Waals surface area contributed by atoms with E-state index in [1.807, 2.05) is 0 Å². The summed E-state index contributed by atoms with van der Waals surface area (Å²) in [6.45, 7) is 8.47. The van der Waals surface area contributed by atoms with Crippen molar-refractivity contribution in [3.63, 3.8) is 0 Å². The molecular weight excluding hydrogens is 251 g/mol. The fourth-order valence-corrected chi connectivity index (χ4v) is 2.38. The van der Waals surface area contributed by atoms with E-state index >= 15 is 0 Å². The van der Waals surface area contributed by atoms with E-state index in [9.17, 15) is 4.39 Å². The molecule has 1 rings (SSSR count). The minimum absolute atomic E-state index is 0.115. The first-order chi connectivity index (χ1) is 8.51. The van der Waals surface area contributed by atoms with Crippen molar-refractivity contribution in [2.75, 3.05) is 19.6 Å². The van der Waals surface area contributed by atoms with Crippen LogP contribution in [-0.2, 0) is 0 Å². The number of hydrogen-bond donors (Lipinski definition) is 1. The molecule has 4 heteroatoms. The number of benzene rings is 1. The summed E-state index contributed by atoms with van der Waals surface area (Å²) in [7, 11) is 0. The van der Waals surface area contributed by atoms with Gasteiger partial charge in [0.05, 0.1) is 5.02 Å². The molecule has 1 aromatic rings. The van der Waals surface area contributed by atoms with E-state index < -0.39 is 0 Å². The molecule has 0 saturated heterocycles. The van der Waals surface area contributed by atoms with Gasteiger partial charge < -0.3 is 5.73 Å². The number of nitrogens with two attached hydrogens (primary N) is 1. The Labute approximate surface area is 114 Å². The Morgan fingerprint density at radius 1 is 1.39 bits per heavy atom. The van der Waals surface area contributed by atoms with Crippen LogP contribution in [0, 0.1) is 11.7 Å². The maximum Gasteiger partial charge on any atom is 0.146 e. The number of likely N-dealkylation sites (N-methyl/N-ethyl adjacent to an activating group) is 1. The van der Waals surface area contributed by atoms with Crippen LogP contribution in [0.1, 0.15) is 32.4 Å². The van der Waals surface area contributed by atoms with E-state index in [0.29, 0.717) is 18.0 Å². The second kappa shape index (κ2) is 7.07. The minimum atomic E-state index is -0.350. The third kappa shape index (κ3) is 3.67. The standard InChI is InChI=1S/C14H22ClFN2/c1-4-18(9-10(2)3)13(8-17)11-6-5-7-12(15)14(11)16/h5-7,10,13H,4,8-9,17H2,1-3H3. The fraction of sp³-hybridized carbons (Fsp3) is 0.571. The summed E-state index contributed by atoms with van der Waals surface area (Å²) in [5, 5.41) is 0.159. The zero-order chi connectivity index (χ0) is 13.7. The average molecular weight is 273 g/mol. The molecule has 0 fully saturated rings. The highest BCUT2D eigenvalue weighted by atomic mass is 35.5. The van der Waals surface area contributed by atoms with Gasteiger partial charge in [0.25, 0.3) is 0 Å². The average Bonchev–Trinajstić information content (AvgIpc) is 2.33. The molecule has 1 unspecified atom stereocenters. The van der Waals surface area contributed by atoms with Crippen molar-refractivity contribution >= 4 is 11.6 Å². The molecule has 0 amide bonds. The van der Waals surface area contributed by atoms with Crippen molar-refractivity contribution in [2.45, 2.75) is 26.8 Å². The van der Waals surface area contributed by atoms with Crippen molar-refractivity contribution < 1.29 is 4.39 Å². The van der Waals surface area contributed by atoms with E-state index in [-0.39, 0.29) is 16.9 Å². The number of hydrogen-bond acceptors (Lipinski definition) is 2. The van der Waals surface area contributed by atoms with Crippen LogP contribution in [0.15, 0.2) is 18.2 Å². The molecule has 2 nitrogen and oxygen atoms in total. The molecule has 0 aromatic heterocycles. The van der Waals surface area contributed by atoms with Crippen LogP contribution in [0.5, 0.6) is 0 Å². The topological polar surface area (TPSA) is 29.3 Å². The van der Waals surface area contributed by atoms with Crippen LogP contribution in [0.2, 0.25) is 5.02 Å². The molecule has 1 atom stereocenters. The molecule has 0 saturated carbocycles. The summed E-state index contributed by atoms with van der Waals surface area (Å²) >= 11 is 5.83. The largest absolute Gasteiger partial charge is 0.329 e. The summed E-state index contributed by atoms with van der Waals surface area (Å²) in [4.78, 5) is 2.19. The second-order valence-electron chi connectivity index (χ2n) is 4.88. The van der Waals surface area contributed by atoms with Gasteiger partial charge in [-0.3, -0.25) is 4.90 Å². The van der Waals surface area contributed by atoms with Crippen LogP contribution < -0.4 is 5.73 Å². The van der Waals surface area contributed by atoms with Gasteiger partial charge in [-0.2, -0.15) is 0 Å². The zero-order valence-electron chi connectivity index (χ0n) is 11.3. The molecule has 18 heavy (non-hydrogen) atoms. The number of rotatable bonds is 6. The second-order valence-corrected chi connectivity index (χ2v) is 5.28. The van der Waals surface area contributed by atoms with Crippen molar-refractivity contribution in [3.8, 4) is 0 Å². The summed E-state index contributed by atoms with van der Waals surface area (Å²) in [5.74, 6) is 0.165. The van der Waals surface area contributed by atoms with E-state index in [1.165, 1.54) is 0 Å². The maximum absolute atomic E-state index is 14.1. The first-order valence-electron chi connectivity index (χ1n) is 6.39. The molecule has 0 radical (unpaired) electrons. The van der Waals surface area contributed by atoms with E-state index in [4.69, 9.17) is 17.3 Å². The smallest absolute Gasteiger partial charge is 0.146 e. The van der Waals surface area contributed by atoms with Crippen molar-refractivity contribution in [2.24, 2.45) is 11.7 Å². The van der Waals surface area contributed by atoms with Gasteiger partial charge in [-0.25, -0.2) is 4.39 Å². The summed E-state index contributed by atoms with van der Waals surface area (Å²) in [6.07, 6.45) is 0. The molecule has 1 aromatic carbocycles. The van der Waals surface area contributed by atoms with Gasteiger partial charge >= 0.3 is 0 Å². The van der Waals surface area contributed by atoms with Crippen molar-refractivity contribution in [1.82, 2.24) is 4.90 Å². The Bertz CT molecular complexity index is 382. The maximum atomic E-state index is 14.1. The first kappa shape index (κ1) is 15.4. The predicted molar refractivity (Wildman–Crippen MR) is 75.3 cm³/mol. The first-order valence-corrected chi connectivity index (χ1v) is 6.77. The highest BCUT2D eigenvalue weighted by Gasteiger charge is 2.22. The molecule has 0 aliphatic heterocycles. The Kier molecular flexibility index (Phi) is 6.06. The van der Waals surface area contributed by atoms with Crippen molar-refractivity contribution in [3.05, 3.63) is 34.6 Å². The Morgan fingerprint density at radius 2 is 2.06 bits per heavy atom. The van der Waals surface area contributed by atoms with Gasteiger partial charge in [-0.1, -0.05) is 44.5 Å². The quantitative estimate of drug-likeness (QED) is 0.859. The highest BCUT2D eigenvalue weighted by molar-refractivity contribution is 6.30. The zero-order valence-corrected chi connectivity index (χ0v) is 12.0. The van der Waals surface area contributed by atoms with E-state index in [0.717, 1.165) is 13.1 Å². The Morgan fingerprint density at radius 3 is 2.56 bits per heavy atom. The normalized spacial score (nSPS) is 13.3. The molecule has 102 valence electrons. The van der Waals surface area contributed by atoms with E-state index in [2.05, 4.69) is 25.7 Å². The van der Waals surface area contributed by atoms with Crippen LogP contribution in [0.4, 0.5) is 4.39 Å². The van der Waals surface area contributed by atoms with Crippen LogP contribution in [-0.4, -0.2) is 24.5 Å². The lowest BCUT2D eigenvalue weighted by Crippen LogP contribution is -2.36. The molecule has 0 bridgehead atoms. The molecular formula is C14H22ClFN2. The monoisotopic (exact) mass is 272 g/mol. The van der Waals surface area contributed by atoms with Gasteiger partial charge in [0.1, 0.15) is 5.82 Å². The molecule has 0 heterocycles. The van der Waals surface area contributed by atoms with Gasteiger partial charge in [0.2, 0.25) is 0 Å². The summed E-state index contributed by atoms with van der Waals surface area (Å²) in [5.41, 5.74) is 6.41. The lowest BCUT2D eigenvalue weighted by Gasteiger charge is -2.31. The third-order valence-electron chi connectivity index (χ3n) is 3.01. The Hall–Kier alpha value is -0.640. The highest BCUT2D eigenvalue weighted by Crippen LogP contribution is 2.27. The fourth-order valence-electron chi connectivity index (χ4n) is 2.20. The number of halogens is 2. The molecule has 2 N–H and O–H groups in total. The molecule has 0 aliphatic carbocycles. The lowest BCUT2D eigenvalue weighted by molar-refractivity contribution is 0.186. The van der Waals surface area contributed by atoms with E-state index in [1.54, 1.807) is 18.2 Å². The van der Waals surface area contributed by atoms with Gasteiger partial charge in [0, 0.05) is 24.7 Å².